The van der Waals surface area contributed by atoms with Gasteiger partial charge >= 0.3 is 0 Å². The van der Waals surface area contributed by atoms with Gasteiger partial charge in [-0.3, -0.25) is 9.59 Å². The molecule has 0 aliphatic carbocycles. The van der Waals surface area contributed by atoms with Gasteiger partial charge in [0.2, 0.25) is 5.91 Å². The van der Waals surface area contributed by atoms with Crippen LogP contribution in [0.25, 0.3) is 10.9 Å². The Bertz CT molecular complexity index is 935. The van der Waals surface area contributed by atoms with Crippen LogP contribution in [0.2, 0.25) is 0 Å². The molecule has 150 valence electrons. The Labute approximate surface area is 163 Å². The largest absolute Gasteiger partial charge is 0.497 e. The molecular formula is C20H25N3O5. The summed E-state index contributed by atoms with van der Waals surface area (Å²) < 4.78 is 15.8. The minimum absolute atomic E-state index is 0.0288. The van der Waals surface area contributed by atoms with Crippen LogP contribution in [0.4, 0.5) is 0 Å². The number of rotatable bonds is 5. The van der Waals surface area contributed by atoms with E-state index in [1.165, 1.54) is 19.1 Å². The number of benzene rings is 1. The zero-order valence-electron chi connectivity index (χ0n) is 16.6. The van der Waals surface area contributed by atoms with Crippen LogP contribution in [0, 0.1) is 0 Å². The number of piperazine rings is 1. The number of nitrogens with one attached hydrogen (secondary N) is 1. The number of methoxy groups -OCH3 is 3. The number of nitrogens with zero attached hydrogens (tertiary/aromatic N) is 2. The van der Waals surface area contributed by atoms with E-state index in [9.17, 15) is 9.59 Å². The van der Waals surface area contributed by atoms with Gasteiger partial charge in [-0.05, 0) is 37.1 Å². The maximum atomic E-state index is 13.5. The molecule has 1 aromatic carbocycles. The molecule has 8 nitrogen and oxygen atoms in total. The molecule has 2 aliphatic rings. The summed E-state index contributed by atoms with van der Waals surface area (Å²) in [6.07, 6.45) is 0.109. The predicted molar refractivity (Wildman–Crippen MR) is 102 cm³/mol. The summed E-state index contributed by atoms with van der Waals surface area (Å²) >= 11 is 0. The highest BCUT2D eigenvalue weighted by atomic mass is 16.7. The van der Waals surface area contributed by atoms with Crippen molar-refractivity contribution < 1.29 is 23.8 Å². The molecule has 0 bridgehead atoms. The van der Waals surface area contributed by atoms with Gasteiger partial charge in [0, 0.05) is 31.7 Å². The van der Waals surface area contributed by atoms with Crippen LogP contribution in [-0.2, 0) is 31.0 Å². The van der Waals surface area contributed by atoms with Crippen LogP contribution >= 0.6 is 0 Å². The fraction of sp³-hybridized carbons (Fsp3) is 0.500. The second kappa shape index (κ2) is 6.79. The van der Waals surface area contributed by atoms with E-state index in [4.69, 9.17) is 14.2 Å². The van der Waals surface area contributed by atoms with E-state index in [2.05, 4.69) is 4.98 Å². The van der Waals surface area contributed by atoms with Gasteiger partial charge in [-0.2, -0.15) is 0 Å². The molecule has 1 aromatic heterocycles. The standard InChI is InChI=1S/C20H25N3O5/c1-20-18-13(14-9-12(26-2)5-6-15(14)21-18)7-8-23(20)16(24)10-22(19(20)25)11-17(27-3)28-4/h5-6,9,17,21H,7-8,10-11H2,1-4H3. The zero-order chi connectivity index (χ0) is 20.1. The summed E-state index contributed by atoms with van der Waals surface area (Å²) in [5, 5.41) is 1.03. The maximum absolute atomic E-state index is 13.5. The Morgan fingerprint density at radius 1 is 1.21 bits per heavy atom. The summed E-state index contributed by atoms with van der Waals surface area (Å²) in [6.45, 7) is 2.55. The van der Waals surface area contributed by atoms with Crippen molar-refractivity contribution in [2.75, 3.05) is 41.0 Å². The van der Waals surface area contributed by atoms with Crippen LogP contribution in [0.15, 0.2) is 18.2 Å². The van der Waals surface area contributed by atoms with Crippen LogP contribution in [0.1, 0.15) is 18.2 Å². The van der Waals surface area contributed by atoms with Crippen molar-refractivity contribution in [2.24, 2.45) is 0 Å². The van der Waals surface area contributed by atoms with Gasteiger partial charge in [0.05, 0.1) is 19.3 Å². The normalized spacial score (nSPS) is 22.0. The fourth-order valence-corrected chi connectivity index (χ4v) is 4.41. The average molecular weight is 387 g/mol. The van der Waals surface area contributed by atoms with Crippen LogP contribution < -0.4 is 4.74 Å². The Kier molecular flexibility index (Phi) is 4.55. The summed E-state index contributed by atoms with van der Waals surface area (Å²) in [6, 6.07) is 5.80. The number of ether oxygens (including phenoxy) is 3. The highest BCUT2D eigenvalue weighted by molar-refractivity contribution is 6.00. The van der Waals surface area contributed by atoms with Crippen molar-refractivity contribution >= 4 is 22.7 Å². The number of hydrogen-bond acceptors (Lipinski definition) is 5. The lowest BCUT2D eigenvalue weighted by atomic mass is 9.83. The van der Waals surface area contributed by atoms with Gasteiger partial charge in [0.1, 0.15) is 12.3 Å². The van der Waals surface area contributed by atoms with Crippen LogP contribution in [0.3, 0.4) is 0 Å². The number of carbonyl (C=O) groups is 2. The van der Waals surface area contributed by atoms with Crippen molar-refractivity contribution in [3.05, 3.63) is 29.5 Å². The van der Waals surface area contributed by atoms with E-state index in [0.29, 0.717) is 13.0 Å². The number of aromatic amines is 1. The number of H-pyrrole nitrogens is 1. The van der Waals surface area contributed by atoms with Crippen molar-refractivity contribution in [3.63, 3.8) is 0 Å². The topological polar surface area (TPSA) is 84.1 Å². The molecular weight excluding hydrogens is 362 g/mol. The summed E-state index contributed by atoms with van der Waals surface area (Å²) in [7, 11) is 4.66. The molecule has 1 N–H and O–H groups in total. The molecule has 8 heteroatoms. The Hall–Kier alpha value is -2.58. The minimum atomic E-state index is -1.08. The molecule has 1 fully saturated rings. The molecule has 1 atom stereocenters. The predicted octanol–water partition coefficient (Wildman–Crippen LogP) is 1.24. The Balaban J connectivity index is 1.80. The molecule has 0 radical (unpaired) electrons. The van der Waals surface area contributed by atoms with Gasteiger partial charge in [-0.15, -0.1) is 0 Å². The van der Waals surface area contributed by atoms with Gasteiger partial charge in [0.15, 0.2) is 11.8 Å². The molecule has 3 heterocycles. The molecule has 0 spiro atoms. The Morgan fingerprint density at radius 2 is 1.96 bits per heavy atom. The number of amides is 2. The van der Waals surface area contributed by atoms with Crippen molar-refractivity contribution in [1.29, 1.82) is 0 Å². The van der Waals surface area contributed by atoms with E-state index < -0.39 is 11.8 Å². The molecule has 1 saturated heterocycles. The summed E-state index contributed by atoms with van der Waals surface area (Å²) in [4.78, 5) is 33.0. The smallest absolute Gasteiger partial charge is 0.255 e. The number of hydrogen-bond donors (Lipinski definition) is 1. The molecule has 2 amide bonds. The molecule has 4 rings (SSSR count). The van der Waals surface area contributed by atoms with E-state index >= 15 is 0 Å². The third-order valence-electron chi connectivity index (χ3n) is 5.95. The highest BCUT2D eigenvalue weighted by Gasteiger charge is 2.54. The molecule has 28 heavy (non-hydrogen) atoms. The first kappa shape index (κ1) is 18.8. The third-order valence-corrected chi connectivity index (χ3v) is 5.95. The van der Waals surface area contributed by atoms with Crippen molar-refractivity contribution in [3.8, 4) is 5.75 Å². The van der Waals surface area contributed by atoms with Gasteiger partial charge in [-0.1, -0.05) is 0 Å². The number of aromatic nitrogens is 1. The highest BCUT2D eigenvalue weighted by Crippen LogP contribution is 2.42. The van der Waals surface area contributed by atoms with Crippen LogP contribution in [-0.4, -0.2) is 73.9 Å². The summed E-state index contributed by atoms with van der Waals surface area (Å²) in [5.41, 5.74) is 1.68. The lowest BCUT2D eigenvalue weighted by molar-refractivity contribution is -0.174. The lowest BCUT2D eigenvalue weighted by Crippen LogP contribution is -2.67. The number of carbonyl (C=O) groups excluding carboxylic acids is 2. The van der Waals surface area contributed by atoms with E-state index in [0.717, 1.165) is 27.9 Å². The first-order chi connectivity index (χ1) is 13.4. The summed E-state index contributed by atoms with van der Waals surface area (Å²) in [5.74, 6) is 0.554. The second-order valence-corrected chi connectivity index (χ2v) is 7.34. The zero-order valence-corrected chi connectivity index (χ0v) is 16.6. The van der Waals surface area contributed by atoms with Crippen molar-refractivity contribution in [1.82, 2.24) is 14.8 Å². The maximum Gasteiger partial charge on any atom is 0.255 e. The first-order valence-corrected chi connectivity index (χ1v) is 9.28. The molecule has 1 unspecified atom stereocenters. The second-order valence-electron chi connectivity index (χ2n) is 7.34. The van der Waals surface area contributed by atoms with Gasteiger partial charge in [-0.25, -0.2) is 0 Å². The van der Waals surface area contributed by atoms with Gasteiger partial charge in [0.25, 0.3) is 5.91 Å². The monoisotopic (exact) mass is 387 g/mol. The average Bonchev–Trinajstić information content (AvgIpc) is 3.08. The molecule has 0 saturated carbocycles. The van der Waals surface area contributed by atoms with E-state index in [1.807, 2.05) is 25.1 Å². The van der Waals surface area contributed by atoms with E-state index in [1.54, 1.807) is 12.0 Å². The van der Waals surface area contributed by atoms with Crippen LogP contribution in [0.5, 0.6) is 5.75 Å². The van der Waals surface area contributed by atoms with E-state index in [-0.39, 0.29) is 24.9 Å². The molecule has 2 aromatic rings. The first-order valence-electron chi connectivity index (χ1n) is 9.28. The van der Waals surface area contributed by atoms with Gasteiger partial charge < -0.3 is 29.0 Å². The third kappa shape index (κ3) is 2.59. The Morgan fingerprint density at radius 3 is 2.64 bits per heavy atom. The quantitative estimate of drug-likeness (QED) is 0.781. The minimum Gasteiger partial charge on any atom is -0.497 e. The fourth-order valence-electron chi connectivity index (χ4n) is 4.41. The molecule has 2 aliphatic heterocycles. The lowest BCUT2D eigenvalue weighted by Gasteiger charge is -2.49. The SMILES string of the molecule is COc1ccc2[nH]c3c(c2c1)CCN1C(=O)CN(CC(OC)OC)C(=O)C31C. The number of fused-ring (bicyclic) bond motifs is 5. The van der Waals surface area contributed by atoms with Crippen molar-refractivity contribution in [2.45, 2.75) is 25.2 Å².